The van der Waals surface area contributed by atoms with Crippen molar-refractivity contribution in [3.05, 3.63) is 0 Å². The Hall–Kier alpha value is -1.06. The van der Waals surface area contributed by atoms with Crippen molar-refractivity contribution in [2.24, 2.45) is 23.2 Å². The molecule has 0 aromatic rings. The molecular formula is C15H25NO3. The number of aliphatic carboxylic acids is 1. The monoisotopic (exact) mass is 267 g/mol. The van der Waals surface area contributed by atoms with Gasteiger partial charge in [0.15, 0.2) is 0 Å². The van der Waals surface area contributed by atoms with Crippen LogP contribution in [0.3, 0.4) is 0 Å². The Morgan fingerprint density at radius 3 is 2.42 bits per heavy atom. The molecule has 4 nitrogen and oxygen atoms in total. The number of carboxylic acid groups (broad SMARTS) is 1. The van der Waals surface area contributed by atoms with Crippen LogP contribution in [0, 0.1) is 23.2 Å². The topological polar surface area (TPSA) is 57.6 Å². The summed E-state index contributed by atoms with van der Waals surface area (Å²) in [6.45, 7) is 7.96. The highest BCUT2D eigenvalue weighted by atomic mass is 16.4. The van der Waals surface area contributed by atoms with Crippen LogP contribution in [0.2, 0.25) is 0 Å². The molecule has 0 bridgehead atoms. The number of carbonyl (C=O) groups excluding carboxylic acids is 1. The zero-order valence-corrected chi connectivity index (χ0v) is 12.2. The highest BCUT2D eigenvalue weighted by molar-refractivity contribution is 5.85. The van der Waals surface area contributed by atoms with E-state index in [1.807, 2.05) is 11.8 Å². The second kappa shape index (κ2) is 5.14. The lowest BCUT2D eigenvalue weighted by Crippen LogP contribution is -2.47. The number of hydrogen-bond donors (Lipinski definition) is 1. The van der Waals surface area contributed by atoms with Crippen LogP contribution in [0.15, 0.2) is 0 Å². The number of nitrogens with zero attached hydrogens (tertiary/aromatic N) is 1. The second-order valence-electron chi connectivity index (χ2n) is 7.16. The average molecular weight is 267 g/mol. The fraction of sp³-hybridized carbons (Fsp3) is 0.867. The summed E-state index contributed by atoms with van der Waals surface area (Å²) in [5.74, 6) is -1.18. The fourth-order valence-corrected chi connectivity index (χ4v) is 3.68. The van der Waals surface area contributed by atoms with Gasteiger partial charge in [0.2, 0.25) is 5.91 Å². The van der Waals surface area contributed by atoms with Crippen LogP contribution < -0.4 is 0 Å². The molecule has 1 aliphatic carbocycles. The Kier molecular flexibility index (Phi) is 3.88. The van der Waals surface area contributed by atoms with E-state index in [1.165, 1.54) is 0 Å². The number of hydrogen-bond acceptors (Lipinski definition) is 2. The zero-order chi connectivity index (χ0) is 14.2. The number of carbonyl (C=O) groups is 2. The van der Waals surface area contributed by atoms with E-state index in [0.29, 0.717) is 12.3 Å². The SMILES string of the molecule is CC1C[C@H](C(=O)N2CCCC(C)(C)C2)[C@H](C(=O)O)C1. The van der Waals surface area contributed by atoms with Crippen LogP contribution in [0.1, 0.15) is 46.5 Å². The Balaban J connectivity index is 2.08. The van der Waals surface area contributed by atoms with Gasteiger partial charge in [-0.25, -0.2) is 0 Å². The van der Waals surface area contributed by atoms with Crippen LogP contribution in [0.4, 0.5) is 0 Å². The van der Waals surface area contributed by atoms with Gasteiger partial charge in [-0.2, -0.15) is 0 Å². The van der Waals surface area contributed by atoms with Gasteiger partial charge in [-0.05, 0) is 37.0 Å². The fourth-order valence-electron chi connectivity index (χ4n) is 3.68. The molecule has 1 aliphatic heterocycles. The Labute approximate surface area is 115 Å². The molecule has 1 amide bonds. The summed E-state index contributed by atoms with van der Waals surface area (Å²) in [4.78, 5) is 25.8. The minimum atomic E-state index is -0.807. The first-order valence-corrected chi connectivity index (χ1v) is 7.32. The lowest BCUT2D eigenvalue weighted by atomic mass is 9.83. The molecule has 1 N–H and O–H groups in total. The van der Waals surface area contributed by atoms with Gasteiger partial charge >= 0.3 is 5.97 Å². The van der Waals surface area contributed by atoms with E-state index in [-0.39, 0.29) is 17.2 Å². The molecule has 0 radical (unpaired) electrons. The minimum Gasteiger partial charge on any atom is -0.481 e. The molecule has 2 rings (SSSR count). The summed E-state index contributed by atoms with van der Waals surface area (Å²) < 4.78 is 0. The Bertz CT molecular complexity index is 378. The van der Waals surface area contributed by atoms with Crippen molar-refractivity contribution in [2.45, 2.75) is 46.5 Å². The summed E-state index contributed by atoms with van der Waals surface area (Å²) in [6.07, 6.45) is 3.54. The first-order valence-electron chi connectivity index (χ1n) is 7.32. The largest absolute Gasteiger partial charge is 0.481 e. The lowest BCUT2D eigenvalue weighted by molar-refractivity contribution is -0.150. The summed E-state index contributed by atoms with van der Waals surface area (Å²) in [5, 5.41) is 9.28. The van der Waals surface area contributed by atoms with Crippen LogP contribution in [-0.2, 0) is 9.59 Å². The molecular weight excluding hydrogens is 242 g/mol. The van der Waals surface area contributed by atoms with Gasteiger partial charge in [0.25, 0.3) is 0 Å². The average Bonchev–Trinajstić information content (AvgIpc) is 2.69. The molecule has 3 atom stereocenters. The molecule has 1 saturated heterocycles. The smallest absolute Gasteiger partial charge is 0.307 e. The van der Waals surface area contributed by atoms with E-state index in [2.05, 4.69) is 13.8 Å². The van der Waals surface area contributed by atoms with Crippen LogP contribution in [0.5, 0.6) is 0 Å². The maximum atomic E-state index is 12.6. The summed E-state index contributed by atoms with van der Waals surface area (Å²) in [7, 11) is 0. The predicted octanol–water partition coefficient (Wildman–Crippen LogP) is 2.38. The van der Waals surface area contributed by atoms with Gasteiger partial charge in [-0.3, -0.25) is 9.59 Å². The second-order valence-corrected chi connectivity index (χ2v) is 7.16. The van der Waals surface area contributed by atoms with Gasteiger partial charge in [0, 0.05) is 13.1 Å². The van der Waals surface area contributed by atoms with Gasteiger partial charge in [-0.15, -0.1) is 0 Å². The molecule has 108 valence electrons. The highest BCUT2D eigenvalue weighted by Gasteiger charge is 2.43. The third kappa shape index (κ3) is 3.10. The van der Waals surface area contributed by atoms with Crippen molar-refractivity contribution in [1.29, 1.82) is 0 Å². The number of amides is 1. The number of carboxylic acids is 1. The molecule has 1 heterocycles. The quantitative estimate of drug-likeness (QED) is 0.835. The van der Waals surface area contributed by atoms with Crippen LogP contribution in [0.25, 0.3) is 0 Å². The standard InChI is InChI=1S/C15H25NO3/c1-10-7-11(12(8-10)14(18)19)13(17)16-6-4-5-15(2,3)9-16/h10-12H,4-9H2,1-3H3,(H,18,19)/t10?,11-,12+/m0/s1. The van der Waals surface area contributed by atoms with E-state index in [9.17, 15) is 14.7 Å². The number of rotatable bonds is 2. The third-order valence-electron chi connectivity index (χ3n) is 4.64. The molecule has 1 unspecified atom stereocenters. The van der Waals surface area contributed by atoms with Crippen molar-refractivity contribution in [2.75, 3.05) is 13.1 Å². The number of piperidine rings is 1. The molecule has 2 aliphatic rings. The summed E-state index contributed by atoms with van der Waals surface area (Å²) in [6, 6.07) is 0. The van der Waals surface area contributed by atoms with Crippen molar-refractivity contribution < 1.29 is 14.7 Å². The molecule has 2 fully saturated rings. The molecule has 4 heteroatoms. The molecule has 1 saturated carbocycles. The molecule has 0 aromatic carbocycles. The van der Waals surface area contributed by atoms with Crippen LogP contribution in [-0.4, -0.2) is 35.0 Å². The van der Waals surface area contributed by atoms with E-state index >= 15 is 0 Å². The van der Waals surface area contributed by atoms with Gasteiger partial charge < -0.3 is 10.0 Å². The van der Waals surface area contributed by atoms with Crippen molar-refractivity contribution in [3.8, 4) is 0 Å². The maximum absolute atomic E-state index is 12.6. The normalized spacial score (nSPS) is 34.3. The van der Waals surface area contributed by atoms with E-state index < -0.39 is 11.9 Å². The van der Waals surface area contributed by atoms with Crippen molar-refractivity contribution in [3.63, 3.8) is 0 Å². The Morgan fingerprint density at radius 1 is 1.21 bits per heavy atom. The molecule has 19 heavy (non-hydrogen) atoms. The first-order chi connectivity index (χ1) is 8.80. The van der Waals surface area contributed by atoms with E-state index in [4.69, 9.17) is 0 Å². The highest BCUT2D eigenvalue weighted by Crippen LogP contribution is 2.39. The summed E-state index contributed by atoms with van der Waals surface area (Å²) >= 11 is 0. The van der Waals surface area contributed by atoms with Crippen LogP contribution >= 0.6 is 0 Å². The first kappa shape index (κ1) is 14.4. The zero-order valence-electron chi connectivity index (χ0n) is 12.2. The predicted molar refractivity (Wildman–Crippen MR) is 72.6 cm³/mol. The van der Waals surface area contributed by atoms with Gasteiger partial charge in [-0.1, -0.05) is 20.8 Å². The number of likely N-dealkylation sites (tertiary alicyclic amines) is 1. The Morgan fingerprint density at radius 2 is 1.84 bits per heavy atom. The molecule has 0 aromatic heterocycles. The molecule has 0 spiro atoms. The van der Waals surface area contributed by atoms with Crippen molar-refractivity contribution >= 4 is 11.9 Å². The van der Waals surface area contributed by atoms with E-state index in [0.717, 1.165) is 32.4 Å². The van der Waals surface area contributed by atoms with Crippen molar-refractivity contribution in [1.82, 2.24) is 4.90 Å². The maximum Gasteiger partial charge on any atom is 0.307 e. The van der Waals surface area contributed by atoms with E-state index in [1.54, 1.807) is 0 Å². The summed E-state index contributed by atoms with van der Waals surface area (Å²) in [5.41, 5.74) is 0.164. The van der Waals surface area contributed by atoms with Gasteiger partial charge in [0.05, 0.1) is 11.8 Å². The third-order valence-corrected chi connectivity index (χ3v) is 4.64. The lowest BCUT2D eigenvalue weighted by Gasteiger charge is -2.39. The minimum absolute atomic E-state index is 0.0736. The van der Waals surface area contributed by atoms with Gasteiger partial charge in [0.1, 0.15) is 0 Å².